The summed E-state index contributed by atoms with van der Waals surface area (Å²) in [5.74, 6) is 1.61. The Bertz CT molecular complexity index is 375. The number of pyridine rings is 1. The lowest BCUT2D eigenvalue weighted by Crippen LogP contribution is -1.92. The second-order valence-electron chi connectivity index (χ2n) is 3.75. The molecule has 1 aromatic rings. The maximum atomic E-state index is 4.15. The van der Waals surface area contributed by atoms with E-state index in [0.29, 0.717) is 0 Å². The van der Waals surface area contributed by atoms with Crippen LogP contribution in [0.1, 0.15) is 12.0 Å². The van der Waals surface area contributed by atoms with Crippen LogP contribution in [0.15, 0.2) is 42.8 Å². The first-order valence-corrected chi connectivity index (χ1v) is 4.74. The van der Waals surface area contributed by atoms with E-state index >= 15 is 0 Å². The van der Waals surface area contributed by atoms with E-state index in [9.17, 15) is 0 Å². The first kappa shape index (κ1) is 7.07. The van der Waals surface area contributed by atoms with Crippen molar-refractivity contribution in [3.8, 4) is 0 Å². The summed E-state index contributed by atoms with van der Waals surface area (Å²) in [4.78, 5) is 4.15. The van der Waals surface area contributed by atoms with E-state index in [0.717, 1.165) is 11.8 Å². The van der Waals surface area contributed by atoms with Gasteiger partial charge in [-0.1, -0.05) is 24.3 Å². The number of rotatable bonds is 1. The van der Waals surface area contributed by atoms with Gasteiger partial charge in [-0.25, -0.2) is 0 Å². The summed E-state index contributed by atoms with van der Waals surface area (Å²) in [6, 6.07) is 4.15. The Morgan fingerprint density at radius 1 is 1.38 bits per heavy atom. The fourth-order valence-electron chi connectivity index (χ4n) is 2.05. The Kier molecular flexibility index (Phi) is 1.39. The molecular weight excluding hydrogens is 158 g/mol. The van der Waals surface area contributed by atoms with E-state index in [-0.39, 0.29) is 0 Å². The van der Waals surface area contributed by atoms with E-state index in [1.54, 1.807) is 0 Å². The van der Waals surface area contributed by atoms with Crippen molar-refractivity contribution in [1.29, 1.82) is 0 Å². The van der Waals surface area contributed by atoms with Crippen molar-refractivity contribution < 1.29 is 0 Å². The molecule has 2 atom stereocenters. The molecule has 0 N–H and O–H groups in total. The summed E-state index contributed by atoms with van der Waals surface area (Å²) in [5.41, 5.74) is 2.76. The second-order valence-corrected chi connectivity index (χ2v) is 3.75. The van der Waals surface area contributed by atoms with Gasteiger partial charge < -0.3 is 0 Å². The van der Waals surface area contributed by atoms with Crippen LogP contribution in [0.2, 0.25) is 0 Å². The maximum absolute atomic E-state index is 4.15. The number of fused-ring (bicyclic) bond motifs is 1. The average Bonchev–Trinajstić information content (AvgIpc) is 2.97. The highest BCUT2D eigenvalue weighted by molar-refractivity contribution is 5.72. The van der Waals surface area contributed by atoms with E-state index in [2.05, 4.69) is 29.3 Å². The molecule has 1 nitrogen and oxygen atoms in total. The summed E-state index contributed by atoms with van der Waals surface area (Å²) >= 11 is 0. The highest BCUT2D eigenvalue weighted by Gasteiger charge is 2.39. The summed E-state index contributed by atoms with van der Waals surface area (Å²) in [6.07, 6.45) is 11.8. The predicted molar refractivity (Wildman–Crippen MR) is 53.0 cm³/mol. The predicted octanol–water partition coefficient (Wildman–Crippen LogP) is 2.67. The molecule has 0 aromatic carbocycles. The molecule has 13 heavy (non-hydrogen) atoms. The molecule has 0 aliphatic heterocycles. The zero-order valence-electron chi connectivity index (χ0n) is 7.35. The van der Waals surface area contributed by atoms with Gasteiger partial charge in [-0.2, -0.15) is 0 Å². The van der Waals surface area contributed by atoms with Crippen molar-refractivity contribution in [3.05, 3.63) is 48.3 Å². The van der Waals surface area contributed by atoms with E-state index in [1.165, 1.54) is 17.6 Å². The van der Waals surface area contributed by atoms with Crippen molar-refractivity contribution >= 4 is 5.57 Å². The third-order valence-electron chi connectivity index (χ3n) is 2.87. The Balaban J connectivity index is 2.02. The quantitative estimate of drug-likeness (QED) is 0.629. The largest absolute Gasteiger partial charge is 0.264 e. The number of allylic oxidation sites excluding steroid dienone is 4. The molecule has 1 heterocycles. The van der Waals surface area contributed by atoms with E-state index in [4.69, 9.17) is 0 Å². The molecule has 3 rings (SSSR count). The minimum absolute atomic E-state index is 0.786. The Morgan fingerprint density at radius 3 is 3.23 bits per heavy atom. The fraction of sp³-hybridized carbons (Fsp3) is 0.250. The molecular formula is C12H11N. The zero-order chi connectivity index (χ0) is 8.67. The van der Waals surface area contributed by atoms with Crippen LogP contribution in [0, 0.1) is 11.8 Å². The minimum Gasteiger partial charge on any atom is -0.264 e. The molecule has 0 saturated heterocycles. The van der Waals surface area contributed by atoms with Gasteiger partial charge in [-0.15, -0.1) is 0 Å². The SMILES string of the molecule is C1=CC2CC2C(c2cccnc2)=C1. The van der Waals surface area contributed by atoms with Crippen molar-refractivity contribution in [3.63, 3.8) is 0 Å². The van der Waals surface area contributed by atoms with Crippen LogP contribution in [0.5, 0.6) is 0 Å². The van der Waals surface area contributed by atoms with Crippen LogP contribution in [-0.4, -0.2) is 4.98 Å². The van der Waals surface area contributed by atoms with Crippen molar-refractivity contribution in [2.45, 2.75) is 6.42 Å². The molecule has 1 aromatic heterocycles. The number of aromatic nitrogens is 1. The van der Waals surface area contributed by atoms with Crippen LogP contribution in [0.4, 0.5) is 0 Å². The van der Waals surface area contributed by atoms with Gasteiger partial charge >= 0.3 is 0 Å². The molecule has 0 spiro atoms. The third kappa shape index (κ3) is 1.12. The van der Waals surface area contributed by atoms with Crippen LogP contribution in [0.25, 0.3) is 5.57 Å². The van der Waals surface area contributed by atoms with E-state index in [1.807, 2.05) is 18.5 Å². The maximum Gasteiger partial charge on any atom is 0.0343 e. The molecule has 1 fully saturated rings. The van der Waals surface area contributed by atoms with E-state index < -0.39 is 0 Å². The average molecular weight is 169 g/mol. The van der Waals surface area contributed by atoms with Crippen molar-refractivity contribution in [2.24, 2.45) is 11.8 Å². The van der Waals surface area contributed by atoms with Crippen molar-refractivity contribution in [2.75, 3.05) is 0 Å². The number of hydrogen-bond donors (Lipinski definition) is 0. The minimum atomic E-state index is 0.786. The fourth-order valence-corrected chi connectivity index (χ4v) is 2.05. The summed E-state index contributed by atoms with van der Waals surface area (Å²) in [6.45, 7) is 0. The van der Waals surface area contributed by atoms with Crippen LogP contribution in [-0.2, 0) is 0 Å². The number of nitrogens with zero attached hydrogens (tertiary/aromatic N) is 1. The summed E-state index contributed by atoms with van der Waals surface area (Å²) in [5, 5.41) is 0. The van der Waals surface area contributed by atoms with Crippen molar-refractivity contribution in [1.82, 2.24) is 4.98 Å². The molecule has 0 radical (unpaired) electrons. The molecule has 0 amide bonds. The lowest BCUT2D eigenvalue weighted by Gasteiger charge is -2.07. The van der Waals surface area contributed by atoms with Gasteiger partial charge in [0.15, 0.2) is 0 Å². The molecule has 2 aliphatic carbocycles. The topological polar surface area (TPSA) is 12.9 Å². The molecule has 0 bridgehead atoms. The van der Waals surface area contributed by atoms with Gasteiger partial charge in [0.1, 0.15) is 0 Å². The standard InChI is InChI=1S/C12H11N/c1-3-9-7-12(9)11(5-1)10-4-2-6-13-8-10/h1-6,8-9,12H,7H2. The monoisotopic (exact) mass is 169 g/mol. The first-order chi connectivity index (χ1) is 6.45. The third-order valence-corrected chi connectivity index (χ3v) is 2.87. The molecule has 2 aliphatic rings. The highest BCUT2D eigenvalue weighted by Crippen LogP contribution is 2.50. The molecule has 1 heteroatoms. The van der Waals surface area contributed by atoms with Gasteiger partial charge in [0.2, 0.25) is 0 Å². The smallest absolute Gasteiger partial charge is 0.0343 e. The highest BCUT2D eigenvalue weighted by atomic mass is 14.6. The van der Waals surface area contributed by atoms with Gasteiger partial charge in [0.25, 0.3) is 0 Å². The molecule has 64 valence electrons. The lowest BCUT2D eigenvalue weighted by molar-refractivity contribution is 0.996. The van der Waals surface area contributed by atoms with Crippen LogP contribution >= 0.6 is 0 Å². The summed E-state index contributed by atoms with van der Waals surface area (Å²) in [7, 11) is 0. The summed E-state index contributed by atoms with van der Waals surface area (Å²) < 4.78 is 0. The second kappa shape index (κ2) is 2.56. The zero-order valence-corrected chi connectivity index (χ0v) is 7.35. The normalized spacial score (nSPS) is 29.4. The van der Waals surface area contributed by atoms with Crippen LogP contribution in [0.3, 0.4) is 0 Å². The first-order valence-electron chi connectivity index (χ1n) is 4.74. The van der Waals surface area contributed by atoms with Gasteiger partial charge in [-0.05, 0) is 35.5 Å². The Hall–Kier alpha value is -1.37. The number of hydrogen-bond acceptors (Lipinski definition) is 1. The Labute approximate surface area is 77.8 Å². The lowest BCUT2D eigenvalue weighted by atomic mass is 9.98. The van der Waals surface area contributed by atoms with Crippen LogP contribution < -0.4 is 0 Å². The van der Waals surface area contributed by atoms with Gasteiger partial charge in [0, 0.05) is 12.4 Å². The Morgan fingerprint density at radius 2 is 2.38 bits per heavy atom. The van der Waals surface area contributed by atoms with Gasteiger partial charge in [0.05, 0.1) is 0 Å². The van der Waals surface area contributed by atoms with Gasteiger partial charge in [-0.3, -0.25) is 4.98 Å². The molecule has 2 unspecified atom stereocenters. The molecule has 1 saturated carbocycles.